The largest absolute Gasteiger partial charge is 0.148 e. The van der Waals surface area contributed by atoms with Gasteiger partial charge in [0, 0.05) is 4.88 Å². The zero-order valence-corrected chi connectivity index (χ0v) is 10.9. The summed E-state index contributed by atoms with van der Waals surface area (Å²) in [6.45, 7) is 11.5. The van der Waals surface area contributed by atoms with E-state index in [1.165, 1.54) is 12.8 Å². The predicted octanol–water partition coefficient (Wildman–Crippen LogP) is 4.95. The third-order valence-electron chi connectivity index (χ3n) is 2.63. The second-order valence-electron chi connectivity index (χ2n) is 5.14. The maximum Gasteiger partial charge on any atom is 0.0133 e. The molecule has 0 saturated heterocycles. The van der Waals surface area contributed by atoms with Crippen LogP contribution in [0.25, 0.3) is 0 Å². The van der Waals surface area contributed by atoms with Crippen molar-refractivity contribution in [2.45, 2.75) is 58.8 Å². The Labute approximate surface area is 92.4 Å². The summed E-state index contributed by atoms with van der Waals surface area (Å²) < 4.78 is 0. The molecule has 1 rings (SSSR count). The molecule has 1 heterocycles. The first-order valence-electron chi connectivity index (χ1n) is 5.54. The van der Waals surface area contributed by atoms with Gasteiger partial charge in [-0.1, -0.05) is 41.0 Å². The zero-order valence-electron chi connectivity index (χ0n) is 10.1. The molecule has 0 amide bonds. The Morgan fingerprint density at radius 1 is 1.36 bits per heavy atom. The van der Waals surface area contributed by atoms with Crippen molar-refractivity contribution in [3.05, 3.63) is 21.9 Å². The highest BCUT2D eigenvalue weighted by atomic mass is 32.1. The van der Waals surface area contributed by atoms with Crippen LogP contribution in [0.1, 0.15) is 63.8 Å². The molecule has 0 spiro atoms. The van der Waals surface area contributed by atoms with Gasteiger partial charge in [0.25, 0.3) is 0 Å². The van der Waals surface area contributed by atoms with E-state index in [4.69, 9.17) is 0 Å². The fraction of sp³-hybridized carbons (Fsp3) is 0.692. The van der Waals surface area contributed by atoms with Gasteiger partial charge in [0.05, 0.1) is 0 Å². The van der Waals surface area contributed by atoms with E-state index >= 15 is 0 Å². The molecule has 0 fully saturated rings. The molecule has 0 nitrogen and oxygen atoms in total. The lowest BCUT2D eigenvalue weighted by atomic mass is 9.86. The van der Waals surface area contributed by atoms with E-state index in [2.05, 4.69) is 46.1 Å². The van der Waals surface area contributed by atoms with Crippen molar-refractivity contribution >= 4 is 11.3 Å². The lowest BCUT2D eigenvalue weighted by molar-refractivity contribution is 0.578. The van der Waals surface area contributed by atoms with Crippen LogP contribution in [-0.4, -0.2) is 0 Å². The van der Waals surface area contributed by atoms with Crippen LogP contribution in [0.4, 0.5) is 0 Å². The molecule has 0 aliphatic rings. The van der Waals surface area contributed by atoms with Gasteiger partial charge in [-0.3, -0.25) is 0 Å². The molecule has 0 bridgehead atoms. The van der Waals surface area contributed by atoms with Crippen LogP contribution in [0.15, 0.2) is 11.4 Å². The van der Waals surface area contributed by atoms with Crippen molar-refractivity contribution in [2.24, 2.45) is 0 Å². The third kappa shape index (κ3) is 2.60. The zero-order chi connectivity index (χ0) is 10.8. The standard InChI is InChI=1S/C13H22S/c1-6-7-10(2)11-8-9-14-12(11)13(3,4)5/h8-10H,6-7H2,1-5H3. The third-order valence-corrected chi connectivity index (χ3v) is 3.99. The summed E-state index contributed by atoms with van der Waals surface area (Å²) in [6.07, 6.45) is 2.58. The van der Waals surface area contributed by atoms with Gasteiger partial charge in [0.1, 0.15) is 0 Å². The van der Waals surface area contributed by atoms with Crippen LogP contribution in [-0.2, 0) is 5.41 Å². The molecule has 1 atom stereocenters. The first-order valence-corrected chi connectivity index (χ1v) is 6.42. The smallest absolute Gasteiger partial charge is 0.0133 e. The first-order chi connectivity index (χ1) is 6.46. The molecular formula is C13H22S. The van der Waals surface area contributed by atoms with Crippen molar-refractivity contribution < 1.29 is 0 Å². The molecule has 80 valence electrons. The van der Waals surface area contributed by atoms with E-state index < -0.39 is 0 Å². The number of thiophene rings is 1. The second-order valence-corrected chi connectivity index (χ2v) is 6.06. The van der Waals surface area contributed by atoms with Crippen LogP contribution in [0.3, 0.4) is 0 Å². The molecule has 0 aromatic carbocycles. The normalized spacial score (nSPS) is 14.4. The van der Waals surface area contributed by atoms with Crippen LogP contribution >= 0.6 is 11.3 Å². The molecule has 0 saturated carbocycles. The highest BCUT2D eigenvalue weighted by molar-refractivity contribution is 7.10. The number of hydrogen-bond acceptors (Lipinski definition) is 1. The Hall–Kier alpha value is -0.300. The molecular weight excluding hydrogens is 188 g/mol. The van der Waals surface area contributed by atoms with E-state index in [0.29, 0.717) is 5.41 Å². The van der Waals surface area contributed by atoms with E-state index in [-0.39, 0.29) is 0 Å². The Bertz CT molecular complexity index is 278. The lowest BCUT2D eigenvalue weighted by Crippen LogP contribution is -2.12. The fourth-order valence-corrected chi connectivity index (χ4v) is 3.02. The molecule has 1 unspecified atom stereocenters. The van der Waals surface area contributed by atoms with Crippen LogP contribution in [0.5, 0.6) is 0 Å². The molecule has 0 aliphatic carbocycles. The maximum absolute atomic E-state index is 2.35. The van der Waals surface area contributed by atoms with Crippen LogP contribution in [0, 0.1) is 0 Å². The van der Waals surface area contributed by atoms with E-state index in [0.717, 1.165) is 5.92 Å². The quantitative estimate of drug-likeness (QED) is 0.662. The van der Waals surface area contributed by atoms with Gasteiger partial charge in [-0.05, 0) is 34.8 Å². The summed E-state index contributed by atoms with van der Waals surface area (Å²) in [5.74, 6) is 0.723. The average molecular weight is 210 g/mol. The fourth-order valence-electron chi connectivity index (χ4n) is 1.91. The molecule has 0 aliphatic heterocycles. The minimum absolute atomic E-state index is 0.311. The lowest BCUT2D eigenvalue weighted by Gasteiger charge is -2.21. The molecule has 0 N–H and O–H groups in total. The molecule has 1 aromatic heterocycles. The van der Waals surface area contributed by atoms with Gasteiger partial charge >= 0.3 is 0 Å². The Morgan fingerprint density at radius 2 is 2.00 bits per heavy atom. The summed E-state index contributed by atoms with van der Waals surface area (Å²) in [7, 11) is 0. The van der Waals surface area contributed by atoms with Crippen molar-refractivity contribution in [3.8, 4) is 0 Å². The van der Waals surface area contributed by atoms with Crippen LogP contribution in [0.2, 0.25) is 0 Å². The Morgan fingerprint density at radius 3 is 2.50 bits per heavy atom. The average Bonchev–Trinajstić information content (AvgIpc) is 2.50. The number of hydrogen-bond donors (Lipinski definition) is 0. The summed E-state index contributed by atoms with van der Waals surface area (Å²) >= 11 is 1.91. The highest BCUT2D eigenvalue weighted by Crippen LogP contribution is 2.36. The van der Waals surface area contributed by atoms with Crippen LogP contribution < -0.4 is 0 Å². The topological polar surface area (TPSA) is 0 Å². The van der Waals surface area contributed by atoms with Gasteiger partial charge in [-0.15, -0.1) is 11.3 Å². The van der Waals surface area contributed by atoms with Gasteiger partial charge < -0.3 is 0 Å². The summed E-state index contributed by atoms with van der Waals surface area (Å²) in [4.78, 5) is 1.57. The minimum Gasteiger partial charge on any atom is -0.148 e. The predicted molar refractivity (Wildman–Crippen MR) is 66.3 cm³/mol. The van der Waals surface area contributed by atoms with E-state index in [9.17, 15) is 0 Å². The Balaban J connectivity index is 2.93. The highest BCUT2D eigenvalue weighted by Gasteiger charge is 2.21. The Kier molecular flexibility index (Phi) is 3.77. The summed E-state index contributed by atoms with van der Waals surface area (Å²) in [5.41, 5.74) is 1.88. The van der Waals surface area contributed by atoms with E-state index in [1.54, 1.807) is 10.4 Å². The van der Waals surface area contributed by atoms with Gasteiger partial charge in [-0.2, -0.15) is 0 Å². The van der Waals surface area contributed by atoms with Crippen molar-refractivity contribution in [2.75, 3.05) is 0 Å². The van der Waals surface area contributed by atoms with Crippen molar-refractivity contribution in [1.82, 2.24) is 0 Å². The first kappa shape index (κ1) is 11.8. The summed E-state index contributed by atoms with van der Waals surface area (Å²) in [5, 5.41) is 2.24. The number of rotatable bonds is 3. The van der Waals surface area contributed by atoms with Gasteiger partial charge in [0.15, 0.2) is 0 Å². The van der Waals surface area contributed by atoms with E-state index in [1.807, 2.05) is 11.3 Å². The molecule has 14 heavy (non-hydrogen) atoms. The molecule has 0 radical (unpaired) electrons. The maximum atomic E-state index is 2.35. The van der Waals surface area contributed by atoms with Gasteiger partial charge in [0.2, 0.25) is 0 Å². The monoisotopic (exact) mass is 210 g/mol. The van der Waals surface area contributed by atoms with Crippen molar-refractivity contribution in [1.29, 1.82) is 0 Å². The SMILES string of the molecule is CCCC(C)c1ccsc1C(C)(C)C. The second kappa shape index (κ2) is 4.48. The molecule has 1 heteroatoms. The molecule has 1 aromatic rings. The summed E-state index contributed by atoms with van der Waals surface area (Å²) in [6, 6.07) is 2.31. The van der Waals surface area contributed by atoms with Crippen molar-refractivity contribution in [3.63, 3.8) is 0 Å². The van der Waals surface area contributed by atoms with Gasteiger partial charge in [-0.25, -0.2) is 0 Å². The minimum atomic E-state index is 0.311.